The molecule has 0 saturated carbocycles. The van der Waals surface area contributed by atoms with Crippen LogP contribution in [0.3, 0.4) is 0 Å². The zero-order valence-corrected chi connectivity index (χ0v) is 17.7. The average molecular weight is 476 g/mol. The standard InChI is InChI=1S/C21H15BrFNO4S/c1-3-8-28-19-16(22)9-14(10-17(19)27-2)11-18-20(25)24(21(26)29-18)12-13-4-6-15(23)7-5-13/h1,4-7,9-11H,8,12H2,2H3/b18-11+. The van der Waals surface area contributed by atoms with Crippen LogP contribution in [0.1, 0.15) is 11.1 Å². The van der Waals surface area contributed by atoms with E-state index in [1.165, 1.54) is 19.2 Å². The van der Waals surface area contributed by atoms with Gasteiger partial charge in [0.1, 0.15) is 12.4 Å². The number of carbonyl (C=O) groups is 2. The number of imide groups is 1. The minimum Gasteiger partial charge on any atom is -0.493 e. The Morgan fingerprint density at radius 3 is 2.66 bits per heavy atom. The summed E-state index contributed by atoms with van der Waals surface area (Å²) in [6.07, 6.45) is 6.83. The van der Waals surface area contributed by atoms with Crippen LogP contribution in [0.5, 0.6) is 11.5 Å². The van der Waals surface area contributed by atoms with Crippen LogP contribution in [0.15, 0.2) is 45.8 Å². The lowest BCUT2D eigenvalue weighted by atomic mass is 10.1. The van der Waals surface area contributed by atoms with Gasteiger partial charge < -0.3 is 9.47 Å². The third-order valence-corrected chi connectivity index (χ3v) is 5.47. The van der Waals surface area contributed by atoms with Gasteiger partial charge in [0.05, 0.1) is 23.0 Å². The van der Waals surface area contributed by atoms with Crippen LogP contribution < -0.4 is 9.47 Å². The predicted molar refractivity (Wildman–Crippen MR) is 113 cm³/mol. The van der Waals surface area contributed by atoms with Crippen LogP contribution >= 0.6 is 27.7 Å². The Balaban J connectivity index is 1.84. The van der Waals surface area contributed by atoms with Crippen LogP contribution in [0.25, 0.3) is 6.08 Å². The number of benzene rings is 2. The lowest BCUT2D eigenvalue weighted by molar-refractivity contribution is -0.123. The molecule has 29 heavy (non-hydrogen) atoms. The Kier molecular flexibility index (Phi) is 6.62. The SMILES string of the molecule is C#CCOc1c(Br)cc(/C=C2/SC(=O)N(Cc3ccc(F)cc3)C2=O)cc1OC. The van der Waals surface area contributed by atoms with Crippen LogP contribution in [0.4, 0.5) is 9.18 Å². The second-order valence-corrected chi connectivity index (χ2v) is 7.77. The largest absolute Gasteiger partial charge is 0.493 e. The molecule has 148 valence electrons. The predicted octanol–water partition coefficient (Wildman–Crippen LogP) is 4.85. The van der Waals surface area contributed by atoms with Crippen LogP contribution in [-0.2, 0) is 11.3 Å². The van der Waals surface area contributed by atoms with Gasteiger partial charge in [-0.15, -0.1) is 6.42 Å². The molecule has 2 aromatic rings. The Labute approximate surface area is 180 Å². The molecule has 1 saturated heterocycles. The Morgan fingerprint density at radius 1 is 1.28 bits per heavy atom. The second kappa shape index (κ2) is 9.16. The number of amides is 2. The van der Waals surface area contributed by atoms with E-state index in [1.807, 2.05) is 0 Å². The van der Waals surface area contributed by atoms with Gasteiger partial charge in [-0.3, -0.25) is 14.5 Å². The molecule has 1 heterocycles. The highest BCUT2D eigenvalue weighted by atomic mass is 79.9. The number of hydrogen-bond acceptors (Lipinski definition) is 5. The molecule has 1 aliphatic rings. The first-order valence-electron chi connectivity index (χ1n) is 8.36. The van der Waals surface area contributed by atoms with Crippen molar-refractivity contribution >= 4 is 44.9 Å². The Bertz CT molecular complexity index is 1030. The van der Waals surface area contributed by atoms with Gasteiger partial charge in [-0.2, -0.15) is 0 Å². The van der Waals surface area contributed by atoms with Gasteiger partial charge in [-0.1, -0.05) is 18.1 Å². The van der Waals surface area contributed by atoms with Gasteiger partial charge in [0.25, 0.3) is 11.1 Å². The first-order chi connectivity index (χ1) is 13.9. The molecule has 0 N–H and O–H groups in total. The lowest BCUT2D eigenvalue weighted by Gasteiger charge is -2.13. The first kappa shape index (κ1) is 21.0. The Hall–Kier alpha value is -2.76. The van der Waals surface area contributed by atoms with Crippen LogP contribution in [0, 0.1) is 18.2 Å². The third kappa shape index (κ3) is 4.81. The lowest BCUT2D eigenvalue weighted by Crippen LogP contribution is -2.27. The van der Waals surface area contributed by atoms with E-state index in [2.05, 4.69) is 21.9 Å². The maximum Gasteiger partial charge on any atom is 0.293 e. The third-order valence-electron chi connectivity index (χ3n) is 3.98. The van der Waals surface area contributed by atoms with E-state index in [0.717, 1.165) is 16.7 Å². The summed E-state index contributed by atoms with van der Waals surface area (Å²) in [5.41, 5.74) is 1.31. The van der Waals surface area contributed by atoms with Gasteiger partial charge in [0.2, 0.25) is 0 Å². The van der Waals surface area contributed by atoms with Crippen molar-refractivity contribution in [1.82, 2.24) is 4.90 Å². The number of thioether (sulfide) groups is 1. The van der Waals surface area contributed by atoms with Gasteiger partial charge in [0.15, 0.2) is 11.5 Å². The topological polar surface area (TPSA) is 55.8 Å². The van der Waals surface area contributed by atoms with E-state index in [-0.39, 0.29) is 29.1 Å². The van der Waals surface area contributed by atoms with Crippen molar-refractivity contribution in [3.63, 3.8) is 0 Å². The molecule has 0 radical (unpaired) electrons. The quantitative estimate of drug-likeness (QED) is 0.441. The number of rotatable bonds is 6. The van der Waals surface area contributed by atoms with Crippen LogP contribution in [-0.4, -0.2) is 29.8 Å². The summed E-state index contributed by atoms with van der Waals surface area (Å²) >= 11 is 4.25. The van der Waals surface area contributed by atoms with Gasteiger partial charge in [0, 0.05) is 0 Å². The smallest absolute Gasteiger partial charge is 0.293 e. The minimum absolute atomic E-state index is 0.0775. The van der Waals surface area contributed by atoms with E-state index in [4.69, 9.17) is 15.9 Å². The fraction of sp³-hybridized carbons (Fsp3) is 0.143. The maximum absolute atomic E-state index is 13.1. The second-order valence-electron chi connectivity index (χ2n) is 5.92. The molecule has 8 heteroatoms. The Morgan fingerprint density at radius 2 is 2.00 bits per heavy atom. The van der Waals surface area contributed by atoms with E-state index < -0.39 is 5.91 Å². The summed E-state index contributed by atoms with van der Waals surface area (Å²) in [7, 11) is 1.49. The number of terminal acetylenes is 1. The highest BCUT2D eigenvalue weighted by Crippen LogP contribution is 2.39. The van der Waals surface area contributed by atoms with E-state index in [1.54, 1.807) is 30.3 Å². The van der Waals surface area contributed by atoms with Crippen molar-refractivity contribution < 1.29 is 23.5 Å². The van der Waals surface area contributed by atoms with E-state index in [0.29, 0.717) is 27.1 Å². The highest BCUT2D eigenvalue weighted by Gasteiger charge is 2.35. The van der Waals surface area contributed by atoms with Gasteiger partial charge in [-0.25, -0.2) is 4.39 Å². The summed E-state index contributed by atoms with van der Waals surface area (Å²) in [6, 6.07) is 9.08. The monoisotopic (exact) mass is 475 g/mol. The minimum atomic E-state index is -0.410. The summed E-state index contributed by atoms with van der Waals surface area (Å²) in [4.78, 5) is 26.4. The average Bonchev–Trinajstić information content (AvgIpc) is 2.95. The molecule has 5 nitrogen and oxygen atoms in total. The molecule has 0 bridgehead atoms. The summed E-state index contributed by atoms with van der Waals surface area (Å²) < 4.78 is 24.5. The molecular weight excluding hydrogens is 461 g/mol. The number of carbonyl (C=O) groups excluding carboxylic acids is 2. The molecule has 1 fully saturated rings. The molecule has 3 rings (SSSR count). The molecule has 0 spiro atoms. The van der Waals surface area contributed by atoms with Gasteiger partial charge >= 0.3 is 0 Å². The zero-order valence-electron chi connectivity index (χ0n) is 15.3. The van der Waals surface area contributed by atoms with Crippen molar-refractivity contribution in [3.05, 3.63) is 62.7 Å². The highest BCUT2D eigenvalue weighted by molar-refractivity contribution is 9.10. The molecule has 0 atom stereocenters. The molecule has 2 aromatic carbocycles. The summed E-state index contributed by atoms with van der Waals surface area (Å²) in [6.45, 7) is 0.157. The number of nitrogens with zero attached hydrogens (tertiary/aromatic N) is 1. The van der Waals surface area contributed by atoms with Crippen molar-refractivity contribution in [2.75, 3.05) is 13.7 Å². The van der Waals surface area contributed by atoms with Crippen LogP contribution in [0.2, 0.25) is 0 Å². The van der Waals surface area contributed by atoms with Crippen molar-refractivity contribution in [3.8, 4) is 23.8 Å². The fourth-order valence-electron chi connectivity index (χ4n) is 2.64. The number of hydrogen-bond donors (Lipinski definition) is 0. The molecule has 1 aliphatic heterocycles. The van der Waals surface area contributed by atoms with Crippen molar-refractivity contribution in [1.29, 1.82) is 0 Å². The summed E-state index contributed by atoms with van der Waals surface area (Å²) in [5, 5.41) is -0.384. The molecular formula is C21H15BrFNO4S. The zero-order chi connectivity index (χ0) is 21.0. The van der Waals surface area contributed by atoms with E-state index in [9.17, 15) is 14.0 Å². The van der Waals surface area contributed by atoms with Crippen molar-refractivity contribution in [2.24, 2.45) is 0 Å². The van der Waals surface area contributed by atoms with Crippen molar-refractivity contribution in [2.45, 2.75) is 6.54 Å². The number of methoxy groups -OCH3 is 1. The van der Waals surface area contributed by atoms with Gasteiger partial charge in [-0.05, 0) is 69.2 Å². The molecule has 0 aromatic heterocycles. The summed E-state index contributed by atoms with van der Waals surface area (Å²) in [5.74, 6) is 2.48. The number of ether oxygens (including phenoxy) is 2. The number of halogens is 2. The normalized spacial score (nSPS) is 15.0. The van der Waals surface area contributed by atoms with E-state index >= 15 is 0 Å². The fourth-order valence-corrected chi connectivity index (χ4v) is 4.05. The first-order valence-corrected chi connectivity index (χ1v) is 9.97. The molecule has 0 aliphatic carbocycles. The molecule has 2 amide bonds. The molecule has 0 unspecified atom stereocenters. The maximum atomic E-state index is 13.1.